The molecule has 1 N–H and O–H groups in total. The number of hydrogen-bond acceptors (Lipinski definition) is 1. The van der Waals surface area contributed by atoms with Gasteiger partial charge in [0.2, 0.25) is 0 Å². The molecule has 0 atom stereocenters. The van der Waals surface area contributed by atoms with Gasteiger partial charge < -0.3 is 5.11 Å². The Balaban J connectivity index is 0.000000671. The summed E-state index contributed by atoms with van der Waals surface area (Å²) >= 11 is 0. The van der Waals surface area contributed by atoms with E-state index in [0.29, 0.717) is 5.75 Å². The molecule has 1 heteroatoms. The lowest BCUT2D eigenvalue weighted by atomic mass is 10.1. The van der Waals surface area contributed by atoms with Gasteiger partial charge in [-0.2, -0.15) is 0 Å². The summed E-state index contributed by atoms with van der Waals surface area (Å²) < 4.78 is 0. The molecule has 1 nitrogen and oxygen atoms in total. The van der Waals surface area contributed by atoms with Crippen LogP contribution in [0.1, 0.15) is 26.3 Å². The van der Waals surface area contributed by atoms with Gasteiger partial charge in [-0.15, -0.1) is 0 Å². The van der Waals surface area contributed by atoms with Crippen molar-refractivity contribution in [3.63, 3.8) is 0 Å². The first-order chi connectivity index (χ1) is 6.18. The van der Waals surface area contributed by atoms with Crippen LogP contribution in [-0.2, 0) is 6.42 Å². The molecule has 0 amide bonds. The first-order valence-corrected chi connectivity index (χ1v) is 4.61. The van der Waals surface area contributed by atoms with Crippen molar-refractivity contribution in [1.82, 2.24) is 0 Å². The molecule has 72 valence electrons. The second kappa shape index (κ2) is 6.30. The van der Waals surface area contributed by atoms with Crippen LogP contribution in [0.25, 0.3) is 0 Å². The van der Waals surface area contributed by atoms with Gasteiger partial charge in [0.05, 0.1) is 0 Å². The third-order valence-electron chi connectivity index (χ3n) is 1.44. The van der Waals surface area contributed by atoms with Gasteiger partial charge in [-0.3, -0.25) is 0 Å². The number of allylic oxidation sites excluding steroid dienone is 1. The molecule has 0 aliphatic heterocycles. The van der Waals surface area contributed by atoms with Crippen LogP contribution in [-0.4, -0.2) is 5.11 Å². The van der Waals surface area contributed by atoms with Crippen LogP contribution in [0.15, 0.2) is 36.4 Å². The highest BCUT2D eigenvalue weighted by molar-refractivity contribution is 5.27. The van der Waals surface area contributed by atoms with Crippen LogP contribution in [0, 0.1) is 0 Å². The monoisotopic (exact) mass is 178 g/mol. The van der Waals surface area contributed by atoms with Gasteiger partial charge in [-0.25, -0.2) is 0 Å². The number of benzene rings is 1. The second-order valence-corrected chi connectivity index (χ2v) is 2.80. The number of aromatic hydroxyl groups is 1. The van der Waals surface area contributed by atoms with Crippen molar-refractivity contribution >= 4 is 0 Å². The third kappa shape index (κ3) is 5.07. The molecule has 0 unspecified atom stereocenters. The van der Waals surface area contributed by atoms with Gasteiger partial charge in [0.25, 0.3) is 0 Å². The van der Waals surface area contributed by atoms with Crippen molar-refractivity contribution in [1.29, 1.82) is 0 Å². The Morgan fingerprint density at radius 3 is 2.08 bits per heavy atom. The highest BCUT2D eigenvalue weighted by Gasteiger charge is 1.92. The van der Waals surface area contributed by atoms with Crippen molar-refractivity contribution < 1.29 is 5.11 Å². The van der Waals surface area contributed by atoms with Crippen LogP contribution >= 0.6 is 0 Å². The SMILES string of the molecule is C=C(C)Cc1ccc(O)cc1.CC. The highest BCUT2D eigenvalue weighted by Crippen LogP contribution is 2.11. The zero-order valence-electron chi connectivity index (χ0n) is 8.67. The van der Waals surface area contributed by atoms with Gasteiger partial charge in [0.1, 0.15) is 5.75 Å². The van der Waals surface area contributed by atoms with E-state index in [0.717, 1.165) is 12.0 Å². The van der Waals surface area contributed by atoms with Gasteiger partial charge in [0.15, 0.2) is 0 Å². The zero-order valence-corrected chi connectivity index (χ0v) is 8.67. The van der Waals surface area contributed by atoms with E-state index < -0.39 is 0 Å². The fourth-order valence-corrected chi connectivity index (χ4v) is 0.962. The molecule has 0 fully saturated rings. The van der Waals surface area contributed by atoms with Gasteiger partial charge in [0, 0.05) is 0 Å². The predicted octanol–water partition coefficient (Wildman–Crippen LogP) is 3.54. The molecule has 1 aromatic carbocycles. The molecule has 13 heavy (non-hydrogen) atoms. The van der Waals surface area contributed by atoms with E-state index in [1.807, 2.05) is 32.9 Å². The molecule has 0 radical (unpaired) electrons. The van der Waals surface area contributed by atoms with Crippen LogP contribution in [0.5, 0.6) is 5.75 Å². The molecule has 1 rings (SSSR count). The minimum absolute atomic E-state index is 0.315. The maximum absolute atomic E-state index is 8.97. The Bertz CT molecular complexity index is 246. The fourth-order valence-electron chi connectivity index (χ4n) is 0.962. The smallest absolute Gasteiger partial charge is 0.115 e. The molecule has 0 aliphatic carbocycles. The lowest BCUT2D eigenvalue weighted by Crippen LogP contribution is -1.83. The van der Waals surface area contributed by atoms with Crippen LogP contribution in [0.3, 0.4) is 0 Å². The molecule has 0 saturated heterocycles. The molecule has 0 spiro atoms. The Labute approximate surface area is 80.7 Å². The summed E-state index contributed by atoms with van der Waals surface area (Å²) in [4.78, 5) is 0. The van der Waals surface area contributed by atoms with E-state index in [2.05, 4.69) is 6.58 Å². The molecule has 0 heterocycles. The number of rotatable bonds is 2. The van der Waals surface area contributed by atoms with Crippen molar-refractivity contribution in [2.24, 2.45) is 0 Å². The van der Waals surface area contributed by atoms with E-state index >= 15 is 0 Å². The minimum Gasteiger partial charge on any atom is -0.508 e. The maximum Gasteiger partial charge on any atom is 0.115 e. The lowest BCUT2D eigenvalue weighted by Gasteiger charge is -1.99. The number of phenols is 1. The van der Waals surface area contributed by atoms with Gasteiger partial charge in [-0.1, -0.05) is 38.1 Å². The average Bonchev–Trinajstić information content (AvgIpc) is 2.12. The summed E-state index contributed by atoms with van der Waals surface area (Å²) in [7, 11) is 0. The van der Waals surface area contributed by atoms with Crippen LogP contribution in [0.2, 0.25) is 0 Å². The van der Waals surface area contributed by atoms with Crippen molar-refractivity contribution in [3.8, 4) is 5.75 Å². The molecular weight excluding hydrogens is 160 g/mol. The number of hydrogen-bond donors (Lipinski definition) is 1. The Morgan fingerprint density at radius 2 is 1.69 bits per heavy atom. The lowest BCUT2D eigenvalue weighted by molar-refractivity contribution is 0.475. The zero-order chi connectivity index (χ0) is 10.3. The highest BCUT2D eigenvalue weighted by atomic mass is 16.3. The van der Waals surface area contributed by atoms with Crippen LogP contribution < -0.4 is 0 Å². The number of phenolic OH excluding ortho intramolecular Hbond substituents is 1. The second-order valence-electron chi connectivity index (χ2n) is 2.80. The Hall–Kier alpha value is -1.24. The summed E-state index contributed by atoms with van der Waals surface area (Å²) in [5.74, 6) is 0.315. The fraction of sp³-hybridized carbons (Fsp3) is 0.333. The topological polar surface area (TPSA) is 20.2 Å². The quantitative estimate of drug-likeness (QED) is 0.687. The minimum atomic E-state index is 0.315. The first-order valence-electron chi connectivity index (χ1n) is 4.61. The third-order valence-corrected chi connectivity index (χ3v) is 1.44. The predicted molar refractivity (Wildman–Crippen MR) is 58.0 cm³/mol. The van der Waals surface area contributed by atoms with Crippen molar-refractivity contribution in [2.45, 2.75) is 27.2 Å². The summed E-state index contributed by atoms with van der Waals surface area (Å²) in [6, 6.07) is 7.20. The Kier molecular flexibility index (Phi) is 5.69. The van der Waals surface area contributed by atoms with Crippen molar-refractivity contribution in [2.75, 3.05) is 0 Å². The molecule has 0 aromatic heterocycles. The van der Waals surface area contributed by atoms with E-state index in [-0.39, 0.29) is 0 Å². The summed E-state index contributed by atoms with van der Waals surface area (Å²) in [6.45, 7) is 9.80. The molecule has 0 aliphatic rings. The normalized spacial score (nSPS) is 8.54. The largest absolute Gasteiger partial charge is 0.508 e. The van der Waals surface area contributed by atoms with E-state index in [1.165, 1.54) is 5.56 Å². The molecular formula is C12H18O. The van der Waals surface area contributed by atoms with E-state index in [9.17, 15) is 0 Å². The summed E-state index contributed by atoms with van der Waals surface area (Å²) in [5, 5.41) is 8.97. The first kappa shape index (κ1) is 11.8. The van der Waals surface area contributed by atoms with Gasteiger partial charge >= 0.3 is 0 Å². The Morgan fingerprint density at radius 1 is 1.23 bits per heavy atom. The maximum atomic E-state index is 8.97. The van der Waals surface area contributed by atoms with Crippen LogP contribution in [0.4, 0.5) is 0 Å². The molecule has 0 bridgehead atoms. The van der Waals surface area contributed by atoms with E-state index in [4.69, 9.17) is 5.11 Å². The standard InChI is InChI=1S/C10H12O.C2H6/c1-8(2)7-9-3-5-10(11)6-4-9;1-2/h3-6,11H,1,7H2,2H3;1-2H3. The molecule has 0 saturated carbocycles. The summed E-state index contributed by atoms with van der Waals surface area (Å²) in [5.41, 5.74) is 2.32. The average molecular weight is 178 g/mol. The van der Waals surface area contributed by atoms with Gasteiger partial charge in [-0.05, 0) is 31.0 Å². The van der Waals surface area contributed by atoms with Crippen molar-refractivity contribution in [3.05, 3.63) is 42.0 Å². The summed E-state index contributed by atoms with van der Waals surface area (Å²) in [6.07, 6.45) is 0.889. The van der Waals surface area contributed by atoms with E-state index in [1.54, 1.807) is 12.1 Å². The molecule has 1 aromatic rings.